The summed E-state index contributed by atoms with van der Waals surface area (Å²) in [5.41, 5.74) is 2.12. The highest BCUT2D eigenvalue weighted by atomic mass is 32.2. The monoisotopic (exact) mass is 632 g/mol. The molecule has 0 spiro atoms. The molecule has 0 unspecified atom stereocenters. The summed E-state index contributed by atoms with van der Waals surface area (Å²) in [6.07, 6.45) is 6.51. The van der Waals surface area contributed by atoms with Crippen LogP contribution in [0.25, 0.3) is 0 Å². The first-order valence-corrected chi connectivity index (χ1v) is 16.1. The standard InChI is InChI=1S/C33H40N6O5S/c1-3-18-37-24-30(40)38-28(16-11-17-34-33(43)44-20-4-2)31(41)36(19-21-45-25-27-14-9-6-10-15-27)23-29(38)39(37)32(42)35-22-26-12-7-5-8-13-26/h1,4-10,12-15,28-29H,2,11,16-25H2,(H,34,43)(H,35,42)/t28-,29-/m0/s1. The lowest BCUT2D eigenvalue weighted by Crippen LogP contribution is -2.76. The van der Waals surface area contributed by atoms with Gasteiger partial charge in [0.05, 0.1) is 19.6 Å². The van der Waals surface area contributed by atoms with E-state index < -0.39 is 24.3 Å². The molecule has 11 nitrogen and oxygen atoms in total. The SMILES string of the molecule is C#CCN1CC(=O)N2[C@@H](CCCNC(=O)OCC=C)C(=O)N(CCSCc3ccccc3)C[C@@H]2N1C(=O)NCc1ccccc1. The van der Waals surface area contributed by atoms with E-state index in [2.05, 4.69) is 35.3 Å². The molecule has 5 amide bonds. The molecular weight excluding hydrogens is 592 g/mol. The van der Waals surface area contributed by atoms with Crippen LogP contribution in [-0.4, -0.2) is 101 Å². The molecule has 2 atom stereocenters. The number of urea groups is 1. The van der Waals surface area contributed by atoms with Crippen molar-refractivity contribution in [1.82, 2.24) is 30.5 Å². The van der Waals surface area contributed by atoms with Crippen molar-refractivity contribution < 1.29 is 23.9 Å². The van der Waals surface area contributed by atoms with Crippen LogP contribution in [0.15, 0.2) is 73.3 Å². The lowest BCUT2D eigenvalue weighted by atomic mass is 10.0. The largest absolute Gasteiger partial charge is 0.445 e. The smallest absolute Gasteiger partial charge is 0.407 e. The van der Waals surface area contributed by atoms with E-state index in [1.165, 1.54) is 21.5 Å². The third kappa shape index (κ3) is 9.26. The number of piperazine rings is 1. The number of carbonyl (C=O) groups is 4. The van der Waals surface area contributed by atoms with Crippen molar-refractivity contribution in [2.75, 3.05) is 45.1 Å². The molecule has 2 aliphatic heterocycles. The summed E-state index contributed by atoms with van der Waals surface area (Å²) in [6, 6.07) is 18.4. The van der Waals surface area contributed by atoms with Crippen molar-refractivity contribution in [3.8, 4) is 12.3 Å². The highest BCUT2D eigenvalue weighted by Crippen LogP contribution is 2.29. The Bertz CT molecular complexity index is 1350. The first-order chi connectivity index (χ1) is 21.9. The maximum atomic E-state index is 13.9. The Balaban J connectivity index is 1.51. The molecule has 2 aliphatic rings. The summed E-state index contributed by atoms with van der Waals surface area (Å²) in [6.45, 7) is 4.67. The molecule has 2 saturated heterocycles. The molecule has 0 aromatic heterocycles. The summed E-state index contributed by atoms with van der Waals surface area (Å²) in [7, 11) is 0. The van der Waals surface area contributed by atoms with E-state index in [0.717, 1.165) is 11.3 Å². The Labute approximate surface area is 268 Å². The van der Waals surface area contributed by atoms with Gasteiger partial charge in [-0.2, -0.15) is 16.8 Å². The van der Waals surface area contributed by atoms with Crippen molar-refractivity contribution in [2.24, 2.45) is 0 Å². The number of alkyl carbamates (subject to hydrolysis) is 1. The fourth-order valence-corrected chi connectivity index (χ4v) is 6.30. The van der Waals surface area contributed by atoms with Crippen LogP contribution in [0.2, 0.25) is 0 Å². The molecule has 2 N–H and O–H groups in total. The molecule has 4 rings (SSSR count). The summed E-state index contributed by atoms with van der Waals surface area (Å²) in [5.74, 6) is 3.59. The number of hydrazine groups is 1. The molecule has 2 heterocycles. The molecule has 12 heteroatoms. The molecule has 0 radical (unpaired) electrons. The van der Waals surface area contributed by atoms with Gasteiger partial charge >= 0.3 is 12.1 Å². The zero-order chi connectivity index (χ0) is 32.0. The minimum atomic E-state index is -0.807. The summed E-state index contributed by atoms with van der Waals surface area (Å²) in [5, 5.41) is 8.69. The first kappa shape index (κ1) is 33.4. The van der Waals surface area contributed by atoms with Gasteiger partial charge < -0.3 is 25.2 Å². The molecule has 0 saturated carbocycles. The van der Waals surface area contributed by atoms with Gasteiger partial charge in [0.25, 0.3) is 0 Å². The Kier molecular flexibility index (Phi) is 12.7. The van der Waals surface area contributed by atoms with Crippen LogP contribution >= 0.6 is 11.8 Å². The quantitative estimate of drug-likeness (QED) is 0.187. The van der Waals surface area contributed by atoms with Gasteiger partial charge in [-0.3, -0.25) is 9.59 Å². The molecule has 0 bridgehead atoms. The zero-order valence-corrected chi connectivity index (χ0v) is 26.1. The van der Waals surface area contributed by atoms with E-state index in [0.29, 0.717) is 25.1 Å². The number of nitrogens with zero attached hydrogens (tertiary/aromatic N) is 4. The van der Waals surface area contributed by atoms with Crippen molar-refractivity contribution in [1.29, 1.82) is 0 Å². The van der Waals surface area contributed by atoms with E-state index in [9.17, 15) is 19.2 Å². The fourth-order valence-electron chi connectivity index (χ4n) is 5.38. The minimum Gasteiger partial charge on any atom is -0.445 e. The number of terminal acetylenes is 1. The van der Waals surface area contributed by atoms with Gasteiger partial charge in [-0.05, 0) is 24.0 Å². The summed E-state index contributed by atoms with van der Waals surface area (Å²) in [4.78, 5) is 56.4. The van der Waals surface area contributed by atoms with Gasteiger partial charge in [-0.25, -0.2) is 14.6 Å². The maximum absolute atomic E-state index is 13.9. The van der Waals surface area contributed by atoms with Crippen LogP contribution < -0.4 is 10.6 Å². The van der Waals surface area contributed by atoms with E-state index in [1.54, 1.807) is 21.7 Å². The topological polar surface area (TPSA) is 115 Å². The van der Waals surface area contributed by atoms with Gasteiger partial charge in [0, 0.05) is 31.1 Å². The van der Waals surface area contributed by atoms with Crippen LogP contribution in [0.5, 0.6) is 0 Å². The minimum absolute atomic E-state index is 0.0527. The average molecular weight is 633 g/mol. The lowest BCUT2D eigenvalue weighted by Gasteiger charge is -2.55. The van der Waals surface area contributed by atoms with Crippen LogP contribution in [0.4, 0.5) is 9.59 Å². The lowest BCUT2D eigenvalue weighted by molar-refractivity contribution is -0.189. The number of fused-ring (bicyclic) bond motifs is 1. The Hall–Kier alpha value is -4.47. The number of benzene rings is 2. The number of amides is 5. The van der Waals surface area contributed by atoms with Crippen molar-refractivity contribution in [2.45, 2.75) is 37.3 Å². The number of ether oxygens (including phenoxy) is 1. The van der Waals surface area contributed by atoms with E-state index in [1.807, 2.05) is 48.5 Å². The van der Waals surface area contributed by atoms with E-state index in [4.69, 9.17) is 11.2 Å². The molecule has 238 valence electrons. The van der Waals surface area contributed by atoms with Crippen molar-refractivity contribution in [3.63, 3.8) is 0 Å². The Morgan fingerprint density at radius 2 is 1.78 bits per heavy atom. The summed E-state index contributed by atoms with van der Waals surface area (Å²) >= 11 is 1.71. The third-order valence-corrected chi connectivity index (χ3v) is 8.48. The third-order valence-electron chi connectivity index (χ3n) is 7.47. The molecule has 2 aromatic carbocycles. The molecule has 45 heavy (non-hydrogen) atoms. The number of nitrogens with one attached hydrogen (secondary N) is 2. The molecule has 2 fully saturated rings. The normalized spacial score (nSPS) is 18.2. The second-order valence-corrected chi connectivity index (χ2v) is 11.7. The molecular formula is C33H40N6O5S. The van der Waals surface area contributed by atoms with Crippen LogP contribution in [-0.2, 0) is 26.6 Å². The second-order valence-electron chi connectivity index (χ2n) is 10.6. The van der Waals surface area contributed by atoms with Crippen LogP contribution in [0.1, 0.15) is 24.0 Å². The van der Waals surface area contributed by atoms with Gasteiger partial charge in [0.2, 0.25) is 11.8 Å². The van der Waals surface area contributed by atoms with Gasteiger partial charge in [-0.1, -0.05) is 79.2 Å². The van der Waals surface area contributed by atoms with Crippen molar-refractivity contribution >= 4 is 35.7 Å². The molecule has 0 aliphatic carbocycles. The van der Waals surface area contributed by atoms with E-state index >= 15 is 0 Å². The zero-order valence-electron chi connectivity index (χ0n) is 25.3. The van der Waals surface area contributed by atoms with Crippen molar-refractivity contribution in [3.05, 3.63) is 84.4 Å². The predicted molar refractivity (Wildman–Crippen MR) is 173 cm³/mol. The number of hydrogen-bond acceptors (Lipinski definition) is 7. The van der Waals surface area contributed by atoms with Gasteiger partial charge in [0.1, 0.15) is 18.8 Å². The maximum Gasteiger partial charge on any atom is 0.407 e. The second kappa shape index (κ2) is 17.1. The fraction of sp³-hybridized carbons (Fsp3) is 0.394. The number of rotatable bonds is 14. The first-order valence-electron chi connectivity index (χ1n) is 15.0. The average Bonchev–Trinajstić information content (AvgIpc) is 3.05. The van der Waals surface area contributed by atoms with Gasteiger partial charge in [0.15, 0.2) is 0 Å². The van der Waals surface area contributed by atoms with Crippen LogP contribution in [0, 0.1) is 12.3 Å². The predicted octanol–water partition coefficient (Wildman–Crippen LogP) is 3.05. The summed E-state index contributed by atoms with van der Waals surface area (Å²) < 4.78 is 4.96. The Morgan fingerprint density at radius 1 is 1.07 bits per heavy atom. The van der Waals surface area contributed by atoms with Crippen LogP contribution in [0.3, 0.4) is 0 Å². The highest BCUT2D eigenvalue weighted by Gasteiger charge is 2.51. The molecule has 2 aromatic rings. The Morgan fingerprint density at radius 3 is 2.47 bits per heavy atom. The van der Waals surface area contributed by atoms with Gasteiger partial charge in [-0.15, -0.1) is 6.42 Å². The highest BCUT2D eigenvalue weighted by molar-refractivity contribution is 7.98. The number of hydrogen-bond donors (Lipinski definition) is 2. The number of carbonyl (C=O) groups excluding carboxylic acids is 4. The number of thioether (sulfide) groups is 1. The van der Waals surface area contributed by atoms with E-state index in [-0.39, 0.29) is 51.1 Å².